The van der Waals surface area contributed by atoms with E-state index in [9.17, 15) is 14.4 Å². The molecule has 1 aromatic heterocycles. The van der Waals surface area contributed by atoms with Crippen molar-refractivity contribution in [2.75, 3.05) is 13.1 Å². The lowest BCUT2D eigenvalue weighted by molar-refractivity contribution is -0.135. The largest absolute Gasteiger partial charge is 0.361 e. The van der Waals surface area contributed by atoms with Gasteiger partial charge in [-0.15, -0.1) is 0 Å². The number of rotatable bonds is 1. The molecule has 2 heterocycles. The minimum Gasteiger partial charge on any atom is -0.361 e. The van der Waals surface area contributed by atoms with E-state index in [4.69, 9.17) is 4.52 Å². The van der Waals surface area contributed by atoms with Gasteiger partial charge in [0.15, 0.2) is 0 Å². The van der Waals surface area contributed by atoms with Crippen LogP contribution in [0, 0.1) is 13.8 Å². The summed E-state index contributed by atoms with van der Waals surface area (Å²) in [6.45, 7) is 2.98. The van der Waals surface area contributed by atoms with Crippen molar-refractivity contribution in [1.82, 2.24) is 15.4 Å². The maximum absolute atomic E-state index is 12.1. The topological polar surface area (TPSA) is 92.5 Å². The lowest BCUT2D eigenvalue weighted by Gasteiger charge is -2.25. The van der Waals surface area contributed by atoms with Crippen molar-refractivity contribution in [3.63, 3.8) is 0 Å². The first kappa shape index (κ1) is 11.3. The number of hydrogen-bond donors (Lipinski definition) is 1. The van der Waals surface area contributed by atoms with Crippen molar-refractivity contribution in [3.05, 3.63) is 17.0 Å². The Morgan fingerprint density at radius 2 is 1.88 bits per heavy atom. The van der Waals surface area contributed by atoms with E-state index < -0.39 is 17.7 Å². The summed E-state index contributed by atoms with van der Waals surface area (Å²) in [5, 5.41) is 5.79. The van der Waals surface area contributed by atoms with Gasteiger partial charge in [-0.1, -0.05) is 5.16 Å². The zero-order valence-electron chi connectivity index (χ0n) is 9.44. The van der Waals surface area contributed by atoms with Gasteiger partial charge in [0.05, 0.1) is 5.69 Å². The molecule has 7 heteroatoms. The molecule has 0 unspecified atom stereocenters. The highest BCUT2D eigenvalue weighted by atomic mass is 16.5. The highest BCUT2D eigenvalue weighted by Gasteiger charge is 2.30. The molecule has 1 saturated heterocycles. The normalized spacial score (nSPS) is 16.0. The first-order valence-electron chi connectivity index (χ1n) is 5.04. The summed E-state index contributed by atoms with van der Waals surface area (Å²) in [7, 11) is 0. The van der Waals surface area contributed by atoms with Gasteiger partial charge in [0.1, 0.15) is 24.4 Å². The Balaban J connectivity index is 2.26. The summed E-state index contributed by atoms with van der Waals surface area (Å²) in [6.07, 6.45) is 0. The van der Waals surface area contributed by atoms with Gasteiger partial charge in [0.25, 0.3) is 5.91 Å². The lowest BCUT2D eigenvalue weighted by Crippen LogP contribution is -2.53. The van der Waals surface area contributed by atoms with E-state index in [2.05, 4.69) is 10.5 Å². The number of aromatic nitrogens is 1. The molecule has 0 aliphatic carbocycles. The van der Waals surface area contributed by atoms with Crippen LogP contribution in [-0.2, 0) is 9.59 Å². The third-order valence-electron chi connectivity index (χ3n) is 2.48. The van der Waals surface area contributed by atoms with Crippen molar-refractivity contribution in [1.29, 1.82) is 0 Å². The average molecular weight is 237 g/mol. The Hall–Kier alpha value is -2.18. The number of imide groups is 1. The van der Waals surface area contributed by atoms with Crippen molar-refractivity contribution < 1.29 is 18.9 Å². The molecule has 3 amide bonds. The first-order valence-corrected chi connectivity index (χ1v) is 5.04. The molecule has 0 atom stereocenters. The van der Waals surface area contributed by atoms with Gasteiger partial charge >= 0.3 is 0 Å². The van der Waals surface area contributed by atoms with Crippen LogP contribution in [0.1, 0.15) is 21.8 Å². The van der Waals surface area contributed by atoms with Gasteiger partial charge in [0.2, 0.25) is 11.8 Å². The standard InChI is InChI=1S/C10H11N3O4/c1-5-9(6(2)17-12-5)10(16)13-3-7(14)11-8(15)4-13/h3-4H2,1-2H3,(H,11,14,15). The minimum absolute atomic E-state index is 0.130. The molecule has 0 saturated carbocycles. The molecule has 1 fully saturated rings. The predicted molar refractivity (Wildman–Crippen MR) is 55.0 cm³/mol. The van der Waals surface area contributed by atoms with E-state index in [1.54, 1.807) is 13.8 Å². The SMILES string of the molecule is Cc1noc(C)c1C(=O)N1CC(=O)NC(=O)C1. The number of hydrogen-bond acceptors (Lipinski definition) is 5. The van der Waals surface area contributed by atoms with E-state index >= 15 is 0 Å². The van der Waals surface area contributed by atoms with E-state index in [-0.39, 0.29) is 13.1 Å². The van der Waals surface area contributed by atoms with Crippen LogP contribution in [0.3, 0.4) is 0 Å². The molecule has 1 aliphatic heterocycles. The van der Waals surface area contributed by atoms with E-state index in [0.717, 1.165) is 0 Å². The Labute approximate surface area is 96.7 Å². The minimum atomic E-state index is -0.485. The molecule has 0 spiro atoms. The molecule has 0 radical (unpaired) electrons. The molecule has 1 aliphatic rings. The number of nitrogens with zero attached hydrogens (tertiary/aromatic N) is 2. The fourth-order valence-electron chi connectivity index (χ4n) is 1.73. The molecule has 17 heavy (non-hydrogen) atoms. The maximum atomic E-state index is 12.1. The van der Waals surface area contributed by atoms with Crippen LogP contribution in [0.15, 0.2) is 4.52 Å². The number of amides is 3. The van der Waals surface area contributed by atoms with Crippen molar-refractivity contribution in [2.24, 2.45) is 0 Å². The van der Waals surface area contributed by atoms with Gasteiger partial charge in [-0.3, -0.25) is 19.7 Å². The van der Waals surface area contributed by atoms with Crippen molar-refractivity contribution >= 4 is 17.7 Å². The third-order valence-corrected chi connectivity index (χ3v) is 2.48. The lowest BCUT2D eigenvalue weighted by atomic mass is 10.1. The van der Waals surface area contributed by atoms with Gasteiger partial charge in [-0.05, 0) is 13.8 Å². The zero-order chi connectivity index (χ0) is 12.6. The van der Waals surface area contributed by atoms with E-state index in [0.29, 0.717) is 17.0 Å². The van der Waals surface area contributed by atoms with Crippen molar-refractivity contribution in [2.45, 2.75) is 13.8 Å². The van der Waals surface area contributed by atoms with Crippen LogP contribution in [0.2, 0.25) is 0 Å². The highest BCUT2D eigenvalue weighted by molar-refractivity contribution is 6.06. The maximum Gasteiger partial charge on any atom is 0.260 e. The summed E-state index contributed by atoms with van der Waals surface area (Å²) in [5.41, 5.74) is 0.762. The third kappa shape index (κ3) is 2.03. The smallest absolute Gasteiger partial charge is 0.260 e. The fourth-order valence-corrected chi connectivity index (χ4v) is 1.73. The molecule has 1 aromatic rings. The van der Waals surface area contributed by atoms with Crippen LogP contribution in [-0.4, -0.2) is 40.9 Å². The van der Waals surface area contributed by atoms with Crippen LogP contribution in [0.5, 0.6) is 0 Å². The van der Waals surface area contributed by atoms with Crippen LogP contribution in [0.25, 0.3) is 0 Å². The van der Waals surface area contributed by atoms with E-state index in [1.165, 1.54) is 4.90 Å². The summed E-state index contributed by atoms with van der Waals surface area (Å²) >= 11 is 0. The summed E-state index contributed by atoms with van der Waals surface area (Å²) in [4.78, 5) is 35.6. The Kier molecular flexibility index (Phi) is 2.66. The van der Waals surface area contributed by atoms with Gasteiger partial charge in [-0.2, -0.15) is 0 Å². The van der Waals surface area contributed by atoms with Crippen LogP contribution < -0.4 is 5.32 Å². The average Bonchev–Trinajstić information content (AvgIpc) is 2.56. The molecule has 90 valence electrons. The number of aryl methyl sites for hydroxylation is 2. The molecule has 7 nitrogen and oxygen atoms in total. The monoisotopic (exact) mass is 237 g/mol. The molecule has 1 N–H and O–H groups in total. The van der Waals surface area contributed by atoms with E-state index in [1.807, 2.05) is 0 Å². The second-order valence-corrected chi connectivity index (χ2v) is 3.83. The highest BCUT2D eigenvalue weighted by Crippen LogP contribution is 2.15. The molecule has 2 rings (SSSR count). The molecular weight excluding hydrogens is 226 g/mol. The van der Waals surface area contributed by atoms with Crippen molar-refractivity contribution in [3.8, 4) is 0 Å². The summed E-state index contributed by atoms with van der Waals surface area (Å²) < 4.78 is 4.88. The Morgan fingerprint density at radius 1 is 1.29 bits per heavy atom. The van der Waals surface area contributed by atoms with Gasteiger partial charge in [0, 0.05) is 0 Å². The van der Waals surface area contributed by atoms with Gasteiger partial charge < -0.3 is 9.42 Å². The Bertz CT molecular complexity index is 470. The second kappa shape index (κ2) is 4.00. The summed E-state index contributed by atoms with van der Waals surface area (Å²) in [6, 6.07) is 0. The number of carbonyl (C=O) groups excluding carboxylic acids is 3. The zero-order valence-corrected chi connectivity index (χ0v) is 9.44. The molecule has 0 aromatic carbocycles. The molecule has 0 bridgehead atoms. The van der Waals surface area contributed by atoms with Gasteiger partial charge in [-0.25, -0.2) is 0 Å². The Morgan fingerprint density at radius 3 is 2.35 bits per heavy atom. The number of piperazine rings is 1. The predicted octanol–water partition coefficient (Wildman–Crippen LogP) is -0.610. The number of nitrogens with one attached hydrogen (secondary N) is 1. The quantitative estimate of drug-likeness (QED) is 0.658. The second-order valence-electron chi connectivity index (χ2n) is 3.83. The first-order chi connectivity index (χ1) is 7.99. The number of carbonyl (C=O) groups is 3. The van der Waals surface area contributed by atoms with Crippen LogP contribution >= 0.6 is 0 Å². The molecular formula is C10H11N3O4. The van der Waals surface area contributed by atoms with Crippen LogP contribution in [0.4, 0.5) is 0 Å². The summed E-state index contributed by atoms with van der Waals surface area (Å²) in [5.74, 6) is -1.00. The fraction of sp³-hybridized carbons (Fsp3) is 0.400.